The van der Waals surface area contributed by atoms with E-state index in [1.807, 2.05) is 73.7 Å². The van der Waals surface area contributed by atoms with Gasteiger partial charge in [-0.25, -0.2) is 14.8 Å². The number of nitrogens with zero attached hydrogens (tertiary/aromatic N) is 4. The summed E-state index contributed by atoms with van der Waals surface area (Å²) in [6.07, 6.45) is 3.71. The summed E-state index contributed by atoms with van der Waals surface area (Å²) < 4.78 is 11.0. The summed E-state index contributed by atoms with van der Waals surface area (Å²) in [7, 11) is 2.92. The van der Waals surface area contributed by atoms with Crippen molar-refractivity contribution in [2.24, 2.45) is 5.16 Å². The third-order valence-electron chi connectivity index (χ3n) is 10.3. The number of methoxy groups -OCH3 is 1. The summed E-state index contributed by atoms with van der Waals surface area (Å²) >= 11 is 4.22. The molecule has 2 aromatic heterocycles. The number of hydrogen-bond donors (Lipinski definition) is 2. The molecule has 1 saturated heterocycles. The number of amides is 2. The number of aryl methyl sites for hydroxylation is 1. The lowest BCUT2D eigenvalue weighted by Crippen LogP contribution is -2.71. The van der Waals surface area contributed by atoms with Crippen molar-refractivity contribution in [3.8, 4) is 5.75 Å². The van der Waals surface area contributed by atoms with Gasteiger partial charge in [-0.15, -0.1) is 34.4 Å². The average molecular weight is 869 g/mol. The molecule has 0 saturated carbocycles. The van der Waals surface area contributed by atoms with Gasteiger partial charge in [0, 0.05) is 16.0 Å². The fraction of sp³-hybridized carbons (Fsp3) is 0.174. The van der Waals surface area contributed by atoms with E-state index in [2.05, 4.69) is 57.2 Å². The SMILES string of the molecule is CO/N=C(/C(=O)NC1C(=O)N2C(C(=O)OCc3ccc(OC)cc3)=C(/C=C/c3scnc3C)CS[C@H]12)c1csc(NC(c2ccccc2)(c2ccccc2)c2ccccc2)n1. The predicted octanol–water partition coefficient (Wildman–Crippen LogP) is 7.78. The quantitative estimate of drug-likeness (QED) is 0.0345. The molecule has 2 aliphatic rings. The second-order valence-corrected chi connectivity index (χ2v) is 16.8. The van der Waals surface area contributed by atoms with Gasteiger partial charge in [0.25, 0.3) is 11.8 Å². The number of oxime groups is 1. The maximum absolute atomic E-state index is 14.1. The normalized spacial score (nSPS) is 16.5. The predicted molar refractivity (Wildman–Crippen MR) is 239 cm³/mol. The third kappa shape index (κ3) is 8.44. The molecule has 6 aromatic rings. The third-order valence-corrected chi connectivity index (χ3v) is 13.2. The van der Waals surface area contributed by atoms with Gasteiger partial charge in [0.05, 0.1) is 18.3 Å². The molecule has 2 aliphatic heterocycles. The van der Waals surface area contributed by atoms with Gasteiger partial charge in [-0.1, -0.05) is 114 Å². The van der Waals surface area contributed by atoms with Crippen molar-refractivity contribution < 1.29 is 28.7 Å². The molecule has 1 fully saturated rings. The van der Waals surface area contributed by atoms with Crippen molar-refractivity contribution in [2.45, 2.75) is 30.5 Å². The molecule has 308 valence electrons. The molecule has 0 aliphatic carbocycles. The van der Waals surface area contributed by atoms with E-state index in [0.29, 0.717) is 22.2 Å². The van der Waals surface area contributed by atoms with Gasteiger partial charge in [0.15, 0.2) is 10.8 Å². The zero-order valence-electron chi connectivity index (χ0n) is 33.3. The van der Waals surface area contributed by atoms with Crippen LogP contribution < -0.4 is 15.4 Å². The van der Waals surface area contributed by atoms with Gasteiger partial charge < -0.3 is 24.9 Å². The number of thiazole rings is 2. The number of nitrogens with one attached hydrogen (secondary N) is 2. The van der Waals surface area contributed by atoms with Crippen LogP contribution in [0.3, 0.4) is 0 Å². The van der Waals surface area contributed by atoms with Crippen LogP contribution in [-0.2, 0) is 36.1 Å². The van der Waals surface area contributed by atoms with Gasteiger partial charge in [-0.3, -0.25) is 14.5 Å². The first-order valence-electron chi connectivity index (χ1n) is 19.2. The highest BCUT2D eigenvalue weighted by atomic mass is 32.2. The largest absolute Gasteiger partial charge is 0.497 e. The van der Waals surface area contributed by atoms with Crippen LogP contribution in [0.25, 0.3) is 6.08 Å². The smallest absolute Gasteiger partial charge is 0.355 e. The van der Waals surface area contributed by atoms with Gasteiger partial charge >= 0.3 is 5.97 Å². The van der Waals surface area contributed by atoms with Gasteiger partial charge in [0.2, 0.25) is 0 Å². The Kier molecular flexibility index (Phi) is 12.4. The zero-order chi connectivity index (χ0) is 42.3. The number of β-lactam (4-membered cyclic amide) rings is 1. The number of ether oxygens (including phenoxy) is 2. The summed E-state index contributed by atoms with van der Waals surface area (Å²) in [4.78, 5) is 58.6. The van der Waals surface area contributed by atoms with Crippen LogP contribution >= 0.6 is 34.4 Å². The first-order chi connectivity index (χ1) is 29.8. The van der Waals surface area contributed by atoms with E-state index in [0.717, 1.165) is 32.8 Å². The van der Waals surface area contributed by atoms with Gasteiger partial charge in [-0.2, -0.15) is 0 Å². The number of esters is 1. The van der Waals surface area contributed by atoms with Crippen LogP contribution in [0.15, 0.2) is 149 Å². The van der Waals surface area contributed by atoms with E-state index in [4.69, 9.17) is 19.3 Å². The lowest BCUT2D eigenvalue weighted by Gasteiger charge is -2.49. The van der Waals surface area contributed by atoms with Crippen LogP contribution in [0.2, 0.25) is 0 Å². The van der Waals surface area contributed by atoms with Crippen LogP contribution in [0.5, 0.6) is 5.75 Å². The van der Waals surface area contributed by atoms with Crippen molar-refractivity contribution in [3.05, 3.63) is 182 Å². The Morgan fingerprint density at radius 3 is 2.10 bits per heavy atom. The van der Waals surface area contributed by atoms with E-state index < -0.39 is 34.7 Å². The molecule has 0 bridgehead atoms. The minimum atomic E-state index is -0.962. The Morgan fingerprint density at radius 2 is 1.52 bits per heavy atom. The summed E-state index contributed by atoms with van der Waals surface area (Å²) in [5, 5.41) is 12.3. The number of rotatable bonds is 15. The molecule has 8 rings (SSSR count). The molecular formula is C46H40N6O6S3. The number of benzene rings is 4. The van der Waals surface area contributed by atoms with Crippen LogP contribution in [0.4, 0.5) is 5.13 Å². The van der Waals surface area contributed by atoms with Crippen LogP contribution in [0.1, 0.15) is 38.5 Å². The number of anilines is 1. The maximum atomic E-state index is 14.1. The summed E-state index contributed by atoms with van der Waals surface area (Å²) in [6.45, 7) is 1.89. The topological polar surface area (TPSA) is 144 Å². The monoisotopic (exact) mass is 868 g/mol. The number of thioether (sulfide) groups is 1. The molecule has 2 amide bonds. The number of hydrogen-bond acceptors (Lipinski definition) is 13. The number of allylic oxidation sites excluding steroid dienone is 1. The highest BCUT2D eigenvalue weighted by Gasteiger charge is 2.54. The number of carbonyl (C=O) groups excluding carboxylic acids is 3. The Balaban J connectivity index is 1.04. The zero-order valence-corrected chi connectivity index (χ0v) is 35.8. The Morgan fingerprint density at radius 1 is 0.885 bits per heavy atom. The molecule has 61 heavy (non-hydrogen) atoms. The Bertz CT molecular complexity index is 2520. The first kappa shape index (κ1) is 41.2. The molecular weight excluding hydrogens is 829 g/mol. The first-order valence-corrected chi connectivity index (χ1v) is 22.0. The molecule has 4 aromatic carbocycles. The van der Waals surface area contributed by atoms with Crippen molar-refractivity contribution in [2.75, 3.05) is 25.3 Å². The number of carbonyl (C=O) groups is 3. The number of fused-ring (bicyclic) bond motifs is 1. The van der Waals surface area contributed by atoms with E-state index in [1.165, 1.54) is 46.4 Å². The van der Waals surface area contributed by atoms with Crippen LogP contribution in [-0.4, -0.2) is 69.8 Å². The fourth-order valence-corrected chi connectivity index (χ4v) is 10.00. The minimum Gasteiger partial charge on any atom is -0.497 e. The second-order valence-electron chi connectivity index (χ2n) is 13.9. The highest BCUT2D eigenvalue weighted by Crippen LogP contribution is 2.43. The Labute approximate surface area is 365 Å². The van der Waals surface area contributed by atoms with E-state index in [-0.39, 0.29) is 23.7 Å². The average Bonchev–Trinajstić information content (AvgIpc) is 3.96. The Hall–Kier alpha value is -6.55. The number of aromatic nitrogens is 2. The van der Waals surface area contributed by atoms with E-state index >= 15 is 0 Å². The van der Waals surface area contributed by atoms with Crippen molar-refractivity contribution in [1.82, 2.24) is 20.2 Å². The van der Waals surface area contributed by atoms with Crippen LogP contribution in [0, 0.1) is 6.92 Å². The molecule has 0 radical (unpaired) electrons. The maximum Gasteiger partial charge on any atom is 0.355 e. The van der Waals surface area contributed by atoms with Gasteiger partial charge in [-0.05, 0) is 53.0 Å². The molecule has 4 heterocycles. The summed E-state index contributed by atoms with van der Waals surface area (Å²) in [6, 6.07) is 36.5. The fourth-order valence-electron chi connectivity index (χ4n) is 7.23. The molecule has 1 unspecified atom stereocenters. The summed E-state index contributed by atoms with van der Waals surface area (Å²) in [5.41, 5.74) is 6.36. The molecule has 2 N–H and O–H groups in total. The molecule has 0 spiro atoms. The lowest BCUT2D eigenvalue weighted by atomic mass is 9.77. The summed E-state index contributed by atoms with van der Waals surface area (Å²) in [5.74, 6) is -0.707. The van der Waals surface area contributed by atoms with Crippen molar-refractivity contribution in [3.63, 3.8) is 0 Å². The minimum absolute atomic E-state index is 0.0121. The van der Waals surface area contributed by atoms with Crippen molar-refractivity contribution >= 4 is 69.1 Å². The standard InChI is InChI=1S/C46H40N6O6S3/c1-29-37(61-28-47-29)24-21-31-26-59-43-39(42(54)52(43)40(31)44(55)58-25-30-19-22-35(56-2)23-20-30)49-41(53)38(51-57-3)36-27-60-45(48-36)50-46(32-13-7-4-8-14-32,33-15-9-5-10-16-33)34-17-11-6-12-18-34/h4-24,27-28,39,43H,25-26H2,1-3H3,(H,48,50)(H,49,53)/b24-21+,51-38+/t39?,43-/m1/s1. The lowest BCUT2D eigenvalue weighted by molar-refractivity contribution is -0.153. The molecule has 15 heteroatoms. The van der Waals surface area contributed by atoms with Gasteiger partial charge in [0.1, 0.15) is 47.8 Å². The molecule has 2 atom stereocenters. The van der Waals surface area contributed by atoms with E-state index in [1.54, 1.807) is 42.3 Å². The highest BCUT2D eigenvalue weighted by molar-refractivity contribution is 8.00. The molecule has 12 nitrogen and oxygen atoms in total. The van der Waals surface area contributed by atoms with E-state index in [9.17, 15) is 14.4 Å². The second kappa shape index (κ2) is 18.4. The van der Waals surface area contributed by atoms with Crippen molar-refractivity contribution in [1.29, 1.82) is 0 Å².